The summed E-state index contributed by atoms with van der Waals surface area (Å²) in [7, 11) is 0. The van der Waals surface area contributed by atoms with Gasteiger partial charge in [0.2, 0.25) is 11.8 Å². The fraction of sp³-hybridized carbons (Fsp3) is 0.462. The molecule has 1 aromatic heterocycles. The second-order valence-corrected chi connectivity index (χ2v) is 5.96. The van der Waals surface area contributed by atoms with Gasteiger partial charge in [0.25, 0.3) is 0 Å². The summed E-state index contributed by atoms with van der Waals surface area (Å²) < 4.78 is 0. The number of hydrogen-bond donors (Lipinski definition) is 1. The molecule has 0 saturated carbocycles. The Balaban J connectivity index is 2.21. The quantitative estimate of drug-likeness (QED) is 0.841. The van der Waals surface area contributed by atoms with Gasteiger partial charge in [-0.3, -0.25) is 14.5 Å². The van der Waals surface area contributed by atoms with E-state index in [9.17, 15) is 9.59 Å². The molecule has 0 unspecified atom stereocenters. The van der Waals surface area contributed by atoms with Gasteiger partial charge in [-0.05, 0) is 17.5 Å². The highest BCUT2D eigenvalue weighted by atomic mass is 35.5. The van der Waals surface area contributed by atoms with Crippen LogP contribution in [0.2, 0.25) is 5.02 Å². The van der Waals surface area contributed by atoms with Gasteiger partial charge in [-0.1, -0.05) is 25.4 Å². The molecule has 1 aromatic rings. The molecule has 2 heterocycles. The van der Waals surface area contributed by atoms with Crippen LogP contribution in [0, 0.1) is 5.41 Å². The Hall–Kier alpha value is -1.62. The van der Waals surface area contributed by atoms with E-state index in [1.165, 1.54) is 4.90 Å². The number of carbonyl (C=O) groups is 2. The van der Waals surface area contributed by atoms with Gasteiger partial charge in [-0.2, -0.15) is 0 Å². The largest absolute Gasteiger partial charge is 0.384 e. The summed E-state index contributed by atoms with van der Waals surface area (Å²) in [5.74, 6) is -0.0697. The fourth-order valence-corrected chi connectivity index (χ4v) is 2.31. The van der Waals surface area contributed by atoms with Crippen LogP contribution >= 0.6 is 11.6 Å². The number of rotatable bonds is 2. The first kappa shape index (κ1) is 13.8. The van der Waals surface area contributed by atoms with Crippen molar-refractivity contribution >= 4 is 29.2 Å². The van der Waals surface area contributed by atoms with E-state index in [1.54, 1.807) is 12.1 Å². The number of likely N-dealkylation sites (tertiary alicyclic amines) is 1. The van der Waals surface area contributed by atoms with Crippen molar-refractivity contribution in [1.82, 2.24) is 9.88 Å². The van der Waals surface area contributed by atoms with Gasteiger partial charge >= 0.3 is 0 Å². The molecular weight excluding hydrogens is 266 g/mol. The third kappa shape index (κ3) is 3.04. The molecule has 19 heavy (non-hydrogen) atoms. The lowest BCUT2D eigenvalue weighted by molar-refractivity contribution is -0.153. The maximum absolute atomic E-state index is 12.0. The van der Waals surface area contributed by atoms with Crippen molar-refractivity contribution in [2.24, 2.45) is 5.41 Å². The van der Waals surface area contributed by atoms with E-state index in [0.717, 1.165) is 0 Å². The Morgan fingerprint density at radius 1 is 1.32 bits per heavy atom. The first-order chi connectivity index (χ1) is 8.78. The maximum atomic E-state index is 12.0. The Bertz CT molecular complexity index is 523. The van der Waals surface area contributed by atoms with E-state index in [2.05, 4.69) is 4.98 Å². The highest BCUT2D eigenvalue weighted by Crippen LogP contribution is 2.32. The number of pyridine rings is 1. The number of piperidine rings is 1. The van der Waals surface area contributed by atoms with Gasteiger partial charge < -0.3 is 5.73 Å². The molecule has 2 amide bonds. The minimum Gasteiger partial charge on any atom is -0.384 e. The van der Waals surface area contributed by atoms with Crippen LogP contribution in [0.5, 0.6) is 0 Å². The van der Waals surface area contributed by atoms with Crippen molar-refractivity contribution in [1.29, 1.82) is 0 Å². The van der Waals surface area contributed by atoms with E-state index in [1.807, 2.05) is 13.8 Å². The number of amides is 2. The molecule has 0 radical (unpaired) electrons. The van der Waals surface area contributed by atoms with Crippen LogP contribution < -0.4 is 5.73 Å². The van der Waals surface area contributed by atoms with Crippen LogP contribution in [0.4, 0.5) is 5.82 Å². The van der Waals surface area contributed by atoms with Crippen molar-refractivity contribution in [2.45, 2.75) is 33.2 Å². The van der Waals surface area contributed by atoms with Crippen LogP contribution in [0.1, 0.15) is 32.4 Å². The van der Waals surface area contributed by atoms with Crippen LogP contribution in [0.25, 0.3) is 0 Å². The molecule has 102 valence electrons. The van der Waals surface area contributed by atoms with Gasteiger partial charge in [-0.25, -0.2) is 4.98 Å². The third-order valence-corrected chi connectivity index (χ3v) is 3.45. The summed E-state index contributed by atoms with van der Waals surface area (Å²) in [5.41, 5.74) is 5.75. The van der Waals surface area contributed by atoms with E-state index in [4.69, 9.17) is 17.3 Å². The zero-order chi connectivity index (χ0) is 14.2. The van der Waals surface area contributed by atoms with E-state index >= 15 is 0 Å². The standard InChI is InChI=1S/C13H16ClN3O2/c1-13(2)5-11(18)17(12(19)6-13)7-9-8(14)3-4-10(15)16-9/h3-4H,5-7H2,1-2H3,(H2,15,16). The number of nitrogens with two attached hydrogens (primary N) is 1. The monoisotopic (exact) mass is 281 g/mol. The number of anilines is 1. The number of nitrogens with zero attached hydrogens (tertiary/aromatic N) is 2. The SMILES string of the molecule is CC1(C)CC(=O)N(Cc2nc(N)ccc2Cl)C(=O)C1. The van der Waals surface area contributed by atoms with Crippen molar-refractivity contribution in [3.63, 3.8) is 0 Å². The molecule has 0 spiro atoms. The summed E-state index contributed by atoms with van der Waals surface area (Å²) in [6.45, 7) is 3.90. The summed E-state index contributed by atoms with van der Waals surface area (Å²) in [4.78, 5) is 29.3. The van der Waals surface area contributed by atoms with Crippen molar-refractivity contribution in [3.05, 3.63) is 22.8 Å². The molecular formula is C13H16ClN3O2. The molecule has 2 N–H and O–H groups in total. The Morgan fingerprint density at radius 2 is 1.89 bits per heavy atom. The Kier molecular flexibility index (Phi) is 3.49. The molecule has 1 fully saturated rings. The Labute approximate surface area is 116 Å². The number of aromatic nitrogens is 1. The maximum Gasteiger partial charge on any atom is 0.230 e. The Morgan fingerprint density at radius 3 is 2.47 bits per heavy atom. The smallest absolute Gasteiger partial charge is 0.230 e. The molecule has 1 aliphatic heterocycles. The number of halogens is 1. The van der Waals surface area contributed by atoms with E-state index in [-0.39, 0.29) is 23.8 Å². The molecule has 2 rings (SSSR count). The van der Waals surface area contributed by atoms with Gasteiger partial charge in [0, 0.05) is 12.8 Å². The summed E-state index contributed by atoms with van der Waals surface area (Å²) in [6, 6.07) is 3.19. The topological polar surface area (TPSA) is 76.3 Å². The predicted molar refractivity (Wildman–Crippen MR) is 72.2 cm³/mol. The zero-order valence-corrected chi connectivity index (χ0v) is 11.7. The molecule has 1 aliphatic rings. The zero-order valence-electron chi connectivity index (χ0n) is 10.9. The second-order valence-electron chi connectivity index (χ2n) is 5.56. The van der Waals surface area contributed by atoms with Crippen LogP contribution in [0.3, 0.4) is 0 Å². The molecule has 6 heteroatoms. The number of imide groups is 1. The number of hydrogen-bond acceptors (Lipinski definition) is 4. The van der Waals surface area contributed by atoms with Crippen LogP contribution in [-0.2, 0) is 16.1 Å². The highest BCUT2D eigenvalue weighted by Gasteiger charge is 2.37. The second kappa shape index (κ2) is 4.81. The van der Waals surface area contributed by atoms with Crippen LogP contribution in [0.15, 0.2) is 12.1 Å². The van der Waals surface area contributed by atoms with E-state index in [0.29, 0.717) is 29.4 Å². The lowest BCUT2D eigenvalue weighted by Crippen LogP contribution is -2.45. The summed E-state index contributed by atoms with van der Waals surface area (Å²) in [6.07, 6.45) is 0.692. The lowest BCUT2D eigenvalue weighted by Gasteiger charge is -2.34. The molecule has 5 nitrogen and oxygen atoms in total. The number of carbonyl (C=O) groups excluding carboxylic acids is 2. The van der Waals surface area contributed by atoms with Crippen molar-refractivity contribution in [2.75, 3.05) is 5.73 Å². The summed E-state index contributed by atoms with van der Waals surface area (Å²) in [5, 5.41) is 0.402. The van der Waals surface area contributed by atoms with Gasteiger partial charge in [0.05, 0.1) is 17.3 Å². The lowest BCUT2D eigenvalue weighted by atomic mass is 9.82. The molecule has 0 atom stereocenters. The predicted octanol–water partition coefficient (Wildman–Crippen LogP) is 1.99. The number of nitrogen functional groups attached to an aromatic ring is 1. The fourth-order valence-electron chi connectivity index (χ4n) is 2.15. The van der Waals surface area contributed by atoms with Gasteiger partial charge in [-0.15, -0.1) is 0 Å². The average molecular weight is 282 g/mol. The minimum absolute atomic E-state index is 0.0810. The normalized spacial score (nSPS) is 18.8. The van der Waals surface area contributed by atoms with Crippen molar-refractivity contribution < 1.29 is 9.59 Å². The first-order valence-electron chi connectivity index (χ1n) is 6.03. The summed E-state index contributed by atoms with van der Waals surface area (Å²) >= 11 is 6.00. The molecule has 0 aliphatic carbocycles. The highest BCUT2D eigenvalue weighted by molar-refractivity contribution is 6.31. The van der Waals surface area contributed by atoms with E-state index < -0.39 is 0 Å². The molecule has 1 saturated heterocycles. The third-order valence-electron chi connectivity index (χ3n) is 3.11. The minimum atomic E-state index is -0.280. The van der Waals surface area contributed by atoms with Gasteiger partial charge in [0.15, 0.2) is 0 Å². The molecule has 0 aromatic carbocycles. The molecule has 0 bridgehead atoms. The average Bonchev–Trinajstić information content (AvgIpc) is 2.26. The van der Waals surface area contributed by atoms with Crippen molar-refractivity contribution in [3.8, 4) is 0 Å². The van der Waals surface area contributed by atoms with Gasteiger partial charge in [0.1, 0.15) is 5.82 Å². The first-order valence-corrected chi connectivity index (χ1v) is 6.40. The van der Waals surface area contributed by atoms with Crippen LogP contribution in [-0.4, -0.2) is 21.7 Å².